The zero-order valence-corrected chi connectivity index (χ0v) is 23.1. The van der Waals surface area contributed by atoms with Gasteiger partial charge in [-0.25, -0.2) is 10.0 Å². The van der Waals surface area contributed by atoms with E-state index >= 15 is 0 Å². The van der Waals surface area contributed by atoms with Gasteiger partial charge in [0.05, 0.1) is 0 Å². The Hall–Kier alpha value is -2.14. The Morgan fingerprint density at radius 1 is 0.676 bits per heavy atom. The van der Waals surface area contributed by atoms with Crippen LogP contribution >= 0.6 is 10.0 Å². The molecule has 0 bridgehead atoms. The van der Waals surface area contributed by atoms with Gasteiger partial charge in [0.25, 0.3) is 0 Å². The van der Waals surface area contributed by atoms with Crippen LogP contribution in [0.2, 0.25) is 0 Å². The van der Waals surface area contributed by atoms with Gasteiger partial charge in [0.2, 0.25) is 0 Å². The number of allylic oxidation sites excluding steroid dienone is 2. The monoisotopic (exact) mass is 482 g/mol. The van der Waals surface area contributed by atoms with E-state index in [0.29, 0.717) is 0 Å². The number of hydrogen-bond acceptors (Lipinski definition) is 0. The van der Waals surface area contributed by atoms with Crippen LogP contribution in [0.3, 0.4) is 0 Å². The summed E-state index contributed by atoms with van der Waals surface area (Å²) in [5.41, 5.74) is 7.74. The van der Waals surface area contributed by atoms with Crippen molar-refractivity contribution in [1.82, 2.24) is 0 Å². The van der Waals surface area contributed by atoms with Crippen LogP contribution in [0.15, 0.2) is 59.7 Å². The van der Waals surface area contributed by atoms with Crippen molar-refractivity contribution in [3.05, 3.63) is 81.9 Å². The first-order chi connectivity index (χ1) is 16.6. The molecule has 0 amide bonds. The van der Waals surface area contributed by atoms with Gasteiger partial charge in [-0.15, -0.1) is 0 Å². The second-order valence-corrected chi connectivity index (χ2v) is 12.0. The van der Waals surface area contributed by atoms with E-state index in [4.69, 9.17) is 10.0 Å². The van der Waals surface area contributed by atoms with Crippen molar-refractivity contribution >= 4 is 32.1 Å². The molecule has 0 aliphatic carbocycles. The fraction of sp³-hybridized carbons (Fsp3) is 0.375. The molecule has 2 aromatic rings. The van der Waals surface area contributed by atoms with Gasteiger partial charge in [-0.05, 0) is 61.1 Å². The maximum absolute atomic E-state index is 7.53. The van der Waals surface area contributed by atoms with E-state index < -0.39 is 13.2 Å². The lowest BCUT2D eigenvalue weighted by Crippen LogP contribution is -2.09. The van der Waals surface area contributed by atoms with Gasteiger partial charge in [-0.3, -0.25) is 0 Å². The van der Waals surface area contributed by atoms with Crippen LogP contribution in [-0.4, -0.2) is 13.2 Å². The third kappa shape index (κ3) is 6.50. The molecule has 1 aliphatic heterocycles. The van der Waals surface area contributed by atoms with Gasteiger partial charge in [0.1, 0.15) is 0 Å². The zero-order chi connectivity index (χ0) is 24.3. The average Bonchev–Trinajstić information content (AvgIpc) is 3.14. The van der Waals surface area contributed by atoms with E-state index in [-0.39, 0.29) is 0 Å². The first-order valence-corrected chi connectivity index (χ1v) is 15.8. The topological polar surface area (TPSA) is 0 Å². The van der Waals surface area contributed by atoms with Crippen LogP contribution in [0, 0.1) is 23.7 Å². The van der Waals surface area contributed by atoms with Crippen molar-refractivity contribution in [2.75, 3.05) is 0 Å². The Bertz CT molecular complexity index is 1080. The van der Waals surface area contributed by atoms with Crippen LogP contribution in [0.4, 0.5) is 0 Å². The fourth-order valence-electron chi connectivity index (χ4n) is 4.60. The standard InChI is InChI=1S/C32H36.Al.ClH/c1-5-9-15-27-17-13-19-29(23-27)25-31(21-11-7-3)32(22-12-8-4)26-30-20-14-18-28(24-30)16-10-6-2;;/h13-14,17-20,23-24H,5-8,11-12,21-22H2,1-4H3;;1H/q;+1;/p-1. The molecule has 0 radical (unpaired) electrons. The Balaban J connectivity index is 2.17. The molecule has 174 valence electrons. The lowest BCUT2D eigenvalue weighted by atomic mass is 9.92. The summed E-state index contributed by atoms with van der Waals surface area (Å²) in [6.45, 7) is 8.74. The third-order valence-corrected chi connectivity index (χ3v) is 9.93. The Morgan fingerprint density at radius 3 is 1.50 bits per heavy atom. The van der Waals surface area contributed by atoms with Gasteiger partial charge < -0.3 is 0 Å². The summed E-state index contributed by atoms with van der Waals surface area (Å²) >= 11 is -1.89. The molecule has 0 nitrogen and oxygen atoms in total. The first kappa shape index (κ1) is 26.5. The minimum atomic E-state index is -1.89. The smallest absolute Gasteiger partial charge is 0.245 e. The number of rotatable bonds is 8. The molecule has 0 saturated heterocycles. The largest absolute Gasteiger partial charge is 0.476 e. The minimum absolute atomic E-state index is 0.867. The fourth-order valence-corrected chi connectivity index (χ4v) is 8.63. The molecule has 34 heavy (non-hydrogen) atoms. The van der Waals surface area contributed by atoms with Crippen LogP contribution in [0.5, 0.6) is 0 Å². The predicted molar refractivity (Wildman–Crippen MR) is 152 cm³/mol. The SMILES string of the molecule is CCC#Cc1cccc([C]2=C(CCCC)C(CCCC)=[C](c3cccc(C#CCC)c3)[Al]2[Cl])c1. The van der Waals surface area contributed by atoms with Gasteiger partial charge in [0, 0.05) is 24.0 Å². The molecule has 0 aromatic heterocycles. The highest BCUT2D eigenvalue weighted by molar-refractivity contribution is 7.27. The summed E-state index contributed by atoms with van der Waals surface area (Å²) < 4.78 is 2.84. The molecule has 0 N–H and O–H groups in total. The highest BCUT2D eigenvalue weighted by Gasteiger charge is 2.39. The van der Waals surface area contributed by atoms with Gasteiger partial charge >= 0.3 is 13.2 Å². The summed E-state index contributed by atoms with van der Waals surface area (Å²) in [4.78, 5) is 0. The number of halogens is 1. The molecule has 1 aliphatic rings. The van der Waals surface area contributed by atoms with Crippen molar-refractivity contribution in [3.8, 4) is 23.7 Å². The normalized spacial score (nSPS) is 13.0. The molecule has 0 spiro atoms. The zero-order valence-electron chi connectivity index (χ0n) is 21.2. The van der Waals surface area contributed by atoms with Crippen LogP contribution in [0.25, 0.3) is 8.87 Å². The summed E-state index contributed by atoms with van der Waals surface area (Å²) in [6, 6.07) is 17.5. The van der Waals surface area contributed by atoms with E-state index in [1.165, 1.54) is 56.8 Å². The van der Waals surface area contributed by atoms with E-state index in [1.807, 2.05) is 0 Å². The van der Waals surface area contributed by atoms with E-state index in [1.54, 1.807) is 0 Å². The molecule has 0 fully saturated rings. The molecule has 0 unspecified atom stereocenters. The predicted octanol–water partition coefficient (Wildman–Crippen LogP) is 9.12. The molecule has 1 heterocycles. The van der Waals surface area contributed by atoms with Crippen molar-refractivity contribution < 1.29 is 0 Å². The van der Waals surface area contributed by atoms with Crippen molar-refractivity contribution in [3.63, 3.8) is 0 Å². The highest BCUT2D eigenvalue weighted by Crippen LogP contribution is 2.47. The number of hydrogen-bond donors (Lipinski definition) is 0. The lowest BCUT2D eigenvalue weighted by Gasteiger charge is -2.14. The second kappa shape index (κ2) is 13.7. The first-order valence-electron chi connectivity index (χ1n) is 12.9. The van der Waals surface area contributed by atoms with Crippen molar-refractivity contribution in [1.29, 1.82) is 0 Å². The number of unbranched alkanes of at least 4 members (excludes halogenated alkanes) is 2. The average molecular weight is 483 g/mol. The van der Waals surface area contributed by atoms with Gasteiger partial charge in [0.15, 0.2) is 0 Å². The maximum Gasteiger partial charge on any atom is 0.476 e. The molecule has 3 rings (SSSR count). The summed E-state index contributed by atoms with van der Waals surface area (Å²) in [6.07, 6.45) is 8.69. The van der Waals surface area contributed by atoms with E-state index in [2.05, 4.69) is 99.9 Å². The van der Waals surface area contributed by atoms with E-state index in [0.717, 1.165) is 36.8 Å². The van der Waals surface area contributed by atoms with E-state index in [9.17, 15) is 0 Å². The van der Waals surface area contributed by atoms with Crippen LogP contribution in [0.1, 0.15) is 101 Å². The van der Waals surface area contributed by atoms with Crippen molar-refractivity contribution in [2.45, 2.75) is 79.1 Å². The Morgan fingerprint density at radius 2 is 1.12 bits per heavy atom. The van der Waals surface area contributed by atoms with Crippen molar-refractivity contribution in [2.24, 2.45) is 0 Å². The lowest BCUT2D eigenvalue weighted by molar-refractivity contribution is 0.758. The molecular weight excluding hydrogens is 447 g/mol. The number of benzene rings is 2. The van der Waals surface area contributed by atoms with Gasteiger partial charge in [-0.2, -0.15) is 0 Å². The summed E-state index contributed by atoms with van der Waals surface area (Å²) in [7, 11) is 7.53. The molecule has 2 heteroatoms. The summed E-state index contributed by atoms with van der Waals surface area (Å²) in [5.74, 6) is 13.1. The quantitative estimate of drug-likeness (QED) is 0.260. The summed E-state index contributed by atoms with van der Waals surface area (Å²) in [5, 5.41) is 0. The second-order valence-electron chi connectivity index (χ2n) is 8.83. The molecule has 0 saturated carbocycles. The minimum Gasteiger partial charge on any atom is -0.245 e. The molecular formula is C32H36AlCl. The molecule has 2 aromatic carbocycles. The third-order valence-electron chi connectivity index (χ3n) is 6.25. The Kier molecular flexibility index (Phi) is 10.6. The maximum atomic E-state index is 7.53. The highest BCUT2D eigenvalue weighted by atomic mass is 35.6. The van der Waals surface area contributed by atoms with Gasteiger partial charge in [-0.1, -0.05) is 109 Å². The Labute approximate surface area is 216 Å². The van der Waals surface area contributed by atoms with Crippen LogP contribution < -0.4 is 0 Å². The molecule has 0 atom stereocenters. The van der Waals surface area contributed by atoms with Crippen LogP contribution in [-0.2, 0) is 0 Å².